The van der Waals surface area contributed by atoms with Crippen molar-refractivity contribution >= 4 is 57.7 Å². The van der Waals surface area contributed by atoms with Crippen molar-refractivity contribution in [2.24, 2.45) is 0 Å². The fraction of sp³-hybridized carbons (Fsp3) is 0.182. The minimum Gasteiger partial charge on any atom is -0.478 e. The molecule has 3 amide bonds. The molecule has 0 heterocycles. The van der Waals surface area contributed by atoms with E-state index in [0.717, 1.165) is 10.5 Å². The van der Waals surface area contributed by atoms with Gasteiger partial charge in [-0.3, -0.25) is 19.4 Å². The Labute approximate surface area is 253 Å². The maximum absolute atomic E-state index is 13.4. The summed E-state index contributed by atoms with van der Waals surface area (Å²) in [5, 5.41) is 23.0. The Morgan fingerprint density at radius 1 is 0.795 bits per heavy atom. The smallest absolute Gasteiger partial charge is 0.410 e. The highest BCUT2D eigenvalue weighted by molar-refractivity contribution is 6.40. The molecule has 11 nitrogen and oxygen atoms in total. The van der Waals surface area contributed by atoms with E-state index in [-0.39, 0.29) is 23.5 Å². The average molecular weight is 598 g/mol. The van der Waals surface area contributed by atoms with E-state index in [4.69, 9.17) is 4.74 Å². The predicted molar refractivity (Wildman–Crippen MR) is 164 cm³/mol. The molecule has 1 atom stereocenters. The molecule has 226 valence electrons. The zero-order chi connectivity index (χ0) is 31.8. The van der Waals surface area contributed by atoms with E-state index >= 15 is 0 Å². The number of fused-ring (bicyclic) bond motifs is 1. The number of benzene rings is 4. The van der Waals surface area contributed by atoms with Crippen LogP contribution >= 0.6 is 0 Å². The average Bonchev–Trinajstić information content (AvgIpc) is 3.04. The SMILES string of the molecule is COC(=O)N(CCCc1ccccc1)[C@@H](C)C(=O)Nc1ccc(N(C(=O)C(=O)O)c2ccccc2C(=O)O)c2ccccc12. The Balaban J connectivity index is 1.66. The molecule has 0 aromatic heterocycles. The van der Waals surface area contributed by atoms with Crippen LogP contribution in [0.3, 0.4) is 0 Å². The van der Waals surface area contributed by atoms with Crippen LogP contribution in [0, 0.1) is 0 Å². The van der Waals surface area contributed by atoms with Gasteiger partial charge in [0.2, 0.25) is 5.91 Å². The Morgan fingerprint density at radius 2 is 1.43 bits per heavy atom. The van der Waals surface area contributed by atoms with Crippen LogP contribution < -0.4 is 10.2 Å². The number of carbonyl (C=O) groups is 5. The van der Waals surface area contributed by atoms with Crippen LogP contribution in [0.15, 0.2) is 91.0 Å². The Kier molecular flexibility index (Phi) is 9.92. The Morgan fingerprint density at radius 3 is 2.09 bits per heavy atom. The summed E-state index contributed by atoms with van der Waals surface area (Å²) >= 11 is 0. The molecule has 4 aromatic carbocycles. The van der Waals surface area contributed by atoms with Gasteiger partial charge in [-0.1, -0.05) is 66.7 Å². The minimum atomic E-state index is -1.78. The van der Waals surface area contributed by atoms with Gasteiger partial charge in [0.1, 0.15) is 6.04 Å². The van der Waals surface area contributed by atoms with Gasteiger partial charge in [-0.05, 0) is 49.6 Å². The van der Waals surface area contributed by atoms with Crippen molar-refractivity contribution in [3.05, 3.63) is 102 Å². The van der Waals surface area contributed by atoms with Crippen molar-refractivity contribution in [1.82, 2.24) is 4.90 Å². The number of anilines is 3. The quantitative estimate of drug-likeness (QED) is 0.208. The number of ether oxygens (including phenoxy) is 1. The summed E-state index contributed by atoms with van der Waals surface area (Å²) in [6.45, 7) is 1.85. The highest BCUT2D eigenvalue weighted by Gasteiger charge is 2.30. The highest BCUT2D eigenvalue weighted by Crippen LogP contribution is 2.37. The van der Waals surface area contributed by atoms with E-state index in [1.54, 1.807) is 31.2 Å². The molecule has 0 fully saturated rings. The van der Waals surface area contributed by atoms with Gasteiger partial charge in [0, 0.05) is 23.0 Å². The number of hydrogen-bond donors (Lipinski definition) is 3. The molecule has 3 N–H and O–H groups in total. The van der Waals surface area contributed by atoms with E-state index in [1.165, 1.54) is 48.4 Å². The van der Waals surface area contributed by atoms with Crippen molar-refractivity contribution in [3.8, 4) is 0 Å². The minimum absolute atomic E-state index is 0.102. The van der Waals surface area contributed by atoms with E-state index in [9.17, 15) is 34.2 Å². The van der Waals surface area contributed by atoms with Gasteiger partial charge in [0.25, 0.3) is 0 Å². The molecule has 11 heteroatoms. The Bertz CT molecular complexity index is 1710. The van der Waals surface area contributed by atoms with Crippen molar-refractivity contribution in [1.29, 1.82) is 0 Å². The molecule has 0 unspecified atom stereocenters. The number of nitrogens with zero attached hydrogens (tertiary/aromatic N) is 2. The predicted octanol–water partition coefficient (Wildman–Crippen LogP) is 5.32. The first-order valence-electron chi connectivity index (χ1n) is 13.7. The number of aryl methyl sites for hydroxylation is 1. The van der Waals surface area contributed by atoms with Crippen LogP contribution in [-0.2, 0) is 25.5 Å². The van der Waals surface area contributed by atoms with Crippen molar-refractivity contribution in [2.75, 3.05) is 23.9 Å². The molecule has 4 rings (SSSR count). The largest absolute Gasteiger partial charge is 0.478 e. The molecule has 0 spiro atoms. The molecule has 44 heavy (non-hydrogen) atoms. The first-order chi connectivity index (χ1) is 21.1. The molecule has 0 saturated carbocycles. The molecule has 0 radical (unpaired) electrons. The van der Waals surface area contributed by atoms with Gasteiger partial charge in [-0.2, -0.15) is 0 Å². The molecule has 0 bridgehead atoms. The van der Waals surface area contributed by atoms with Crippen LogP contribution in [0.1, 0.15) is 29.3 Å². The number of rotatable bonds is 10. The lowest BCUT2D eigenvalue weighted by Gasteiger charge is -2.28. The van der Waals surface area contributed by atoms with Crippen LogP contribution in [-0.4, -0.2) is 64.7 Å². The van der Waals surface area contributed by atoms with Gasteiger partial charge in [0.15, 0.2) is 0 Å². The van der Waals surface area contributed by atoms with E-state index in [2.05, 4.69) is 5.32 Å². The standard InChI is InChI=1S/C33H31N3O8/c1-21(35(33(43)44-2)20-10-13-22-11-4-3-5-12-22)29(37)34-26-18-19-28(24-15-7-6-14-23(24)26)36(30(38)32(41)42)27-17-9-8-16-25(27)31(39)40/h3-9,11-12,14-19,21H,10,13,20H2,1-2H3,(H,34,37)(H,39,40)(H,41,42)/t21-/m0/s1. The lowest BCUT2D eigenvalue weighted by molar-refractivity contribution is -0.148. The second kappa shape index (κ2) is 14.0. The third-order valence-electron chi connectivity index (χ3n) is 7.12. The molecule has 0 aliphatic heterocycles. The first kappa shape index (κ1) is 31.2. The summed E-state index contributed by atoms with van der Waals surface area (Å²) in [5.74, 6) is -4.98. The van der Waals surface area contributed by atoms with Crippen molar-refractivity contribution < 1.29 is 38.9 Å². The summed E-state index contributed by atoms with van der Waals surface area (Å²) in [5.41, 5.74) is 1.14. The second-order valence-electron chi connectivity index (χ2n) is 9.86. The van der Waals surface area contributed by atoms with Gasteiger partial charge in [-0.15, -0.1) is 0 Å². The zero-order valence-corrected chi connectivity index (χ0v) is 24.1. The van der Waals surface area contributed by atoms with Crippen molar-refractivity contribution in [2.45, 2.75) is 25.8 Å². The van der Waals surface area contributed by atoms with Crippen LogP contribution in [0.25, 0.3) is 10.8 Å². The topological polar surface area (TPSA) is 154 Å². The molecule has 0 saturated heterocycles. The number of carbonyl (C=O) groups excluding carboxylic acids is 3. The van der Waals surface area contributed by atoms with Gasteiger partial charge in [-0.25, -0.2) is 14.4 Å². The third kappa shape index (κ3) is 6.84. The maximum Gasteiger partial charge on any atom is 0.410 e. The molecule has 0 aliphatic rings. The van der Waals surface area contributed by atoms with Crippen LogP contribution in [0.5, 0.6) is 0 Å². The molecular weight excluding hydrogens is 566 g/mol. The second-order valence-corrected chi connectivity index (χ2v) is 9.86. The maximum atomic E-state index is 13.4. The van der Waals surface area contributed by atoms with E-state index < -0.39 is 35.9 Å². The fourth-order valence-electron chi connectivity index (χ4n) is 4.92. The van der Waals surface area contributed by atoms with E-state index in [1.807, 2.05) is 30.3 Å². The monoisotopic (exact) mass is 597 g/mol. The number of carboxylic acids is 2. The lowest BCUT2D eigenvalue weighted by Crippen LogP contribution is -2.46. The number of hydrogen-bond acceptors (Lipinski definition) is 6. The number of aliphatic carboxylic acids is 1. The summed E-state index contributed by atoms with van der Waals surface area (Å²) < 4.78 is 4.94. The number of nitrogens with one attached hydrogen (secondary N) is 1. The van der Waals surface area contributed by atoms with Crippen LogP contribution in [0.2, 0.25) is 0 Å². The molecular formula is C33H31N3O8. The fourth-order valence-corrected chi connectivity index (χ4v) is 4.92. The summed E-state index contributed by atoms with van der Waals surface area (Å²) in [6, 6.07) is 24.0. The summed E-state index contributed by atoms with van der Waals surface area (Å²) in [6.07, 6.45) is 0.645. The summed E-state index contributed by atoms with van der Waals surface area (Å²) in [7, 11) is 1.25. The lowest BCUT2D eigenvalue weighted by atomic mass is 10.0. The first-order valence-corrected chi connectivity index (χ1v) is 13.7. The van der Waals surface area contributed by atoms with Crippen molar-refractivity contribution in [3.63, 3.8) is 0 Å². The summed E-state index contributed by atoms with van der Waals surface area (Å²) in [4.78, 5) is 65.0. The number of para-hydroxylation sites is 1. The molecule has 0 aliphatic carbocycles. The van der Waals surface area contributed by atoms with E-state index in [0.29, 0.717) is 29.3 Å². The number of amides is 3. The van der Waals surface area contributed by atoms with Gasteiger partial charge < -0.3 is 20.3 Å². The number of aromatic carboxylic acids is 1. The third-order valence-corrected chi connectivity index (χ3v) is 7.12. The van der Waals surface area contributed by atoms with Gasteiger partial charge in [0.05, 0.1) is 24.0 Å². The number of methoxy groups -OCH3 is 1. The number of carboxylic acid groups (broad SMARTS) is 2. The highest BCUT2D eigenvalue weighted by atomic mass is 16.5. The normalized spacial score (nSPS) is 11.3. The Hall–Kier alpha value is -5.71. The van der Waals surface area contributed by atoms with Crippen LogP contribution in [0.4, 0.5) is 21.9 Å². The van der Waals surface area contributed by atoms with Gasteiger partial charge >= 0.3 is 23.9 Å². The molecule has 4 aromatic rings. The zero-order valence-electron chi connectivity index (χ0n) is 24.1.